The number of benzene rings is 2. The number of ether oxygens (including phenoxy) is 2. The number of amides is 2. The minimum absolute atomic E-state index is 0.0691. The average Bonchev–Trinajstić information content (AvgIpc) is 2.82. The van der Waals surface area contributed by atoms with Crippen LogP contribution in [0.25, 0.3) is 0 Å². The van der Waals surface area contributed by atoms with E-state index in [2.05, 4.69) is 5.32 Å². The van der Waals surface area contributed by atoms with Crippen molar-refractivity contribution in [3.05, 3.63) is 48.0 Å². The lowest BCUT2D eigenvalue weighted by molar-refractivity contribution is -0.123. The van der Waals surface area contributed by atoms with E-state index in [4.69, 9.17) is 9.47 Å². The molecule has 1 fully saturated rings. The van der Waals surface area contributed by atoms with Crippen molar-refractivity contribution in [1.29, 1.82) is 0 Å². The number of hydrogen-bond donors (Lipinski definition) is 1. The lowest BCUT2D eigenvalue weighted by Crippen LogP contribution is -2.50. The summed E-state index contributed by atoms with van der Waals surface area (Å²) < 4.78 is 38.6. The van der Waals surface area contributed by atoms with E-state index in [1.54, 1.807) is 35.2 Å². The smallest absolute Gasteiger partial charge is 0.265 e. The summed E-state index contributed by atoms with van der Waals surface area (Å²) in [6, 6.07) is 11.4. The maximum absolute atomic E-state index is 13.2. The number of nitrogens with one attached hydrogen (secondary N) is 1. The zero-order chi connectivity index (χ0) is 22.9. The molecule has 2 aliphatic heterocycles. The number of piperazine rings is 1. The highest BCUT2D eigenvalue weighted by Gasteiger charge is 2.33. The number of carbonyl (C=O) groups excluding carboxylic acids is 2. The molecule has 0 saturated carbocycles. The number of rotatable bonds is 5. The molecule has 2 heterocycles. The molecule has 1 saturated heterocycles. The van der Waals surface area contributed by atoms with Gasteiger partial charge in [0, 0.05) is 26.2 Å². The second kappa shape index (κ2) is 8.79. The van der Waals surface area contributed by atoms with Crippen LogP contribution in [0.15, 0.2) is 47.4 Å². The van der Waals surface area contributed by atoms with E-state index in [0.29, 0.717) is 29.2 Å². The van der Waals surface area contributed by atoms with Gasteiger partial charge in [0.05, 0.1) is 23.3 Å². The van der Waals surface area contributed by atoms with E-state index < -0.39 is 16.1 Å². The van der Waals surface area contributed by atoms with Crippen molar-refractivity contribution < 1.29 is 27.5 Å². The fourth-order valence-electron chi connectivity index (χ4n) is 3.83. The second-order valence-electron chi connectivity index (χ2n) is 7.56. The highest BCUT2D eigenvalue weighted by molar-refractivity contribution is 7.89. The Bertz CT molecular complexity index is 1140. The van der Waals surface area contributed by atoms with E-state index in [9.17, 15) is 18.0 Å². The van der Waals surface area contributed by atoms with Crippen molar-refractivity contribution >= 4 is 27.5 Å². The normalized spacial score (nSPS) is 19.0. The van der Waals surface area contributed by atoms with Gasteiger partial charge in [-0.05, 0) is 36.8 Å². The topological polar surface area (TPSA) is 105 Å². The van der Waals surface area contributed by atoms with Gasteiger partial charge in [0.25, 0.3) is 11.8 Å². The fourth-order valence-corrected chi connectivity index (χ4v) is 5.28. The van der Waals surface area contributed by atoms with Gasteiger partial charge in [-0.2, -0.15) is 4.31 Å². The third kappa shape index (κ3) is 4.03. The first-order chi connectivity index (χ1) is 15.3. The van der Waals surface area contributed by atoms with Crippen molar-refractivity contribution in [2.24, 2.45) is 0 Å². The largest absolute Gasteiger partial charge is 0.496 e. The van der Waals surface area contributed by atoms with E-state index >= 15 is 0 Å². The number of nitrogens with zero attached hydrogens (tertiary/aromatic N) is 2. The van der Waals surface area contributed by atoms with Crippen LogP contribution in [-0.4, -0.2) is 68.8 Å². The number of methoxy groups -OCH3 is 1. The molecule has 1 N–H and O–H groups in total. The first-order valence-corrected chi connectivity index (χ1v) is 11.8. The Labute approximate surface area is 187 Å². The summed E-state index contributed by atoms with van der Waals surface area (Å²) in [6.45, 7) is 2.70. The lowest BCUT2D eigenvalue weighted by atomic mass is 10.1. The first kappa shape index (κ1) is 22.1. The Morgan fingerprint density at radius 3 is 2.56 bits per heavy atom. The van der Waals surface area contributed by atoms with E-state index in [1.165, 1.54) is 23.5 Å². The summed E-state index contributed by atoms with van der Waals surface area (Å²) in [4.78, 5) is 26.6. The maximum Gasteiger partial charge on any atom is 0.265 e. The SMILES string of the molecule is CC[C@H]1Oc2ccc(S(=O)(=O)N3CCN(C(=O)c4ccccc4OC)CC3)cc2NC1=O. The Morgan fingerprint density at radius 1 is 1.16 bits per heavy atom. The van der Waals surface area contributed by atoms with Gasteiger partial charge in [-0.3, -0.25) is 9.59 Å². The molecule has 10 heteroatoms. The summed E-state index contributed by atoms with van der Waals surface area (Å²) in [5.41, 5.74) is 0.785. The average molecular weight is 460 g/mol. The number of fused-ring (bicyclic) bond motifs is 1. The molecular formula is C22H25N3O6S. The van der Waals surface area contributed by atoms with Crippen LogP contribution >= 0.6 is 0 Å². The number of anilines is 1. The minimum atomic E-state index is -3.79. The first-order valence-electron chi connectivity index (χ1n) is 10.4. The van der Waals surface area contributed by atoms with Gasteiger partial charge in [-0.25, -0.2) is 8.42 Å². The van der Waals surface area contributed by atoms with Crippen molar-refractivity contribution in [1.82, 2.24) is 9.21 Å². The third-order valence-corrected chi connectivity index (χ3v) is 7.54. The summed E-state index contributed by atoms with van der Waals surface area (Å²) in [5, 5.41) is 2.72. The maximum atomic E-state index is 13.2. The van der Waals surface area contributed by atoms with E-state index in [-0.39, 0.29) is 42.9 Å². The van der Waals surface area contributed by atoms with Crippen LogP contribution in [0.1, 0.15) is 23.7 Å². The van der Waals surface area contributed by atoms with Gasteiger partial charge in [0.15, 0.2) is 6.10 Å². The second-order valence-corrected chi connectivity index (χ2v) is 9.50. The molecule has 0 unspecified atom stereocenters. The molecule has 32 heavy (non-hydrogen) atoms. The molecule has 0 aliphatic carbocycles. The van der Waals surface area contributed by atoms with Gasteiger partial charge >= 0.3 is 0 Å². The molecule has 2 aromatic rings. The van der Waals surface area contributed by atoms with Gasteiger partial charge in [-0.15, -0.1) is 0 Å². The molecule has 1 atom stereocenters. The van der Waals surface area contributed by atoms with E-state index in [0.717, 1.165) is 0 Å². The zero-order valence-electron chi connectivity index (χ0n) is 17.9. The predicted molar refractivity (Wildman–Crippen MR) is 117 cm³/mol. The highest BCUT2D eigenvalue weighted by atomic mass is 32.2. The quantitative estimate of drug-likeness (QED) is 0.733. The van der Waals surface area contributed by atoms with Gasteiger partial charge in [-0.1, -0.05) is 19.1 Å². The summed E-state index contributed by atoms with van der Waals surface area (Å²) in [5.74, 6) is 0.440. The predicted octanol–water partition coefficient (Wildman–Crippen LogP) is 1.95. The molecule has 0 bridgehead atoms. The molecule has 2 aromatic carbocycles. The Kier molecular flexibility index (Phi) is 6.07. The van der Waals surface area contributed by atoms with Crippen LogP contribution in [0.3, 0.4) is 0 Å². The molecule has 9 nitrogen and oxygen atoms in total. The molecule has 2 amide bonds. The Hall–Kier alpha value is -3.11. The zero-order valence-corrected chi connectivity index (χ0v) is 18.7. The van der Waals surface area contributed by atoms with Crippen LogP contribution in [0.4, 0.5) is 5.69 Å². The molecule has 0 aromatic heterocycles. The van der Waals surface area contributed by atoms with Gasteiger partial charge in [0.2, 0.25) is 10.0 Å². The Balaban J connectivity index is 1.47. The third-order valence-electron chi connectivity index (χ3n) is 5.64. The van der Waals surface area contributed by atoms with Crippen LogP contribution in [0.5, 0.6) is 11.5 Å². The number of sulfonamides is 1. The summed E-state index contributed by atoms with van der Waals surface area (Å²) >= 11 is 0. The highest BCUT2D eigenvalue weighted by Crippen LogP contribution is 2.33. The molecule has 170 valence electrons. The van der Waals surface area contributed by atoms with Crippen molar-refractivity contribution in [3.63, 3.8) is 0 Å². The Morgan fingerprint density at radius 2 is 1.88 bits per heavy atom. The van der Waals surface area contributed by atoms with Crippen molar-refractivity contribution in [2.45, 2.75) is 24.3 Å². The fraction of sp³-hybridized carbons (Fsp3) is 0.364. The molecule has 0 radical (unpaired) electrons. The molecule has 4 rings (SSSR count). The summed E-state index contributed by atoms with van der Waals surface area (Å²) in [6.07, 6.45) is -0.0674. The van der Waals surface area contributed by atoms with Crippen LogP contribution in [-0.2, 0) is 14.8 Å². The molecular weight excluding hydrogens is 434 g/mol. The van der Waals surface area contributed by atoms with Gasteiger partial charge < -0.3 is 19.7 Å². The van der Waals surface area contributed by atoms with Crippen molar-refractivity contribution in [3.8, 4) is 11.5 Å². The number of hydrogen-bond acceptors (Lipinski definition) is 6. The number of para-hydroxylation sites is 1. The minimum Gasteiger partial charge on any atom is -0.496 e. The molecule has 0 spiro atoms. The van der Waals surface area contributed by atoms with Gasteiger partial charge in [0.1, 0.15) is 11.5 Å². The number of carbonyl (C=O) groups is 2. The lowest BCUT2D eigenvalue weighted by Gasteiger charge is -2.34. The van der Waals surface area contributed by atoms with Crippen LogP contribution in [0.2, 0.25) is 0 Å². The molecule has 2 aliphatic rings. The standard InChI is InChI=1S/C22H25N3O6S/c1-3-18-21(26)23-17-14-15(8-9-20(17)31-18)32(28,29)25-12-10-24(11-13-25)22(27)16-6-4-5-7-19(16)30-2/h4-9,14,18H,3,10-13H2,1-2H3,(H,23,26)/t18-/m1/s1. The van der Waals surface area contributed by atoms with Crippen LogP contribution < -0.4 is 14.8 Å². The van der Waals surface area contributed by atoms with Crippen molar-refractivity contribution in [2.75, 3.05) is 38.6 Å². The van der Waals surface area contributed by atoms with E-state index in [1.807, 2.05) is 6.92 Å². The van der Waals surface area contributed by atoms with Crippen LogP contribution in [0, 0.1) is 0 Å². The monoisotopic (exact) mass is 459 g/mol. The summed E-state index contributed by atoms with van der Waals surface area (Å²) in [7, 11) is -2.29.